The second-order valence-corrected chi connectivity index (χ2v) is 12.3. The Morgan fingerprint density at radius 3 is 1.70 bits per heavy atom. The second kappa shape index (κ2) is 11.4. The lowest BCUT2D eigenvalue weighted by molar-refractivity contribution is 0.670. The highest BCUT2D eigenvalue weighted by Crippen LogP contribution is 2.42. The van der Waals surface area contributed by atoms with E-state index in [9.17, 15) is 0 Å². The molecule has 0 N–H and O–H groups in total. The normalized spacial score (nSPS) is 12.2. The first-order valence-corrected chi connectivity index (χ1v) is 16.5. The van der Waals surface area contributed by atoms with Crippen molar-refractivity contribution < 1.29 is 7.16 Å². The van der Waals surface area contributed by atoms with Crippen molar-refractivity contribution in [1.82, 2.24) is 19.5 Å². The Bertz CT molecular complexity index is 2880. The van der Waals surface area contributed by atoms with Gasteiger partial charge in [0.25, 0.3) is 0 Å². The molecule has 0 aliphatic carbocycles. The average Bonchev–Trinajstić information content (AvgIpc) is 3.74. The number of hydrogen-bond acceptors (Lipinski definition) is 4. The van der Waals surface area contributed by atoms with Crippen molar-refractivity contribution in [2.75, 3.05) is 0 Å². The van der Waals surface area contributed by atoms with Crippen LogP contribution in [-0.4, -0.2) is 19.5 Å². The molecule has 0 aliphatic heterocycles. The molecule has 0 bridgehead atoms. The predicted molar refractivity (Wildman–Crippen MR) is 203 cm³/mol. The van der Waals surface area contributed by atoms with Gasteiger partial charge in [0, 0.05) is 49.4 Å². The van der Waals surface area contributed by atoms with Gasteiger partial charge >= 0.3 is 0 Å². The summed E-state index contributed by atoms with van der Waals surface area (Å²) in [6.45, 7) is 0. The molecule has 10 rings (SSSR count). The highest BCUT2D eigenvalue weighted by molar-refractivity contribution is 6.12. The fourth-order valence-electron chi connectivity index (χ4n) is 7.04. The topological polar surface area (TPSA) is 56.7 Å². The van der Waals surface area contributed by atoms with E-state index in [0.717, 1.165) is 66.1 Å². The van der Waals surface area contributed by atoms with Crippen molar-refractivity contribution in [3.8, 4) is 51.0 Å². The molecule has 0 saturated heterocycles. The van der Waals surface area contributed by atoms with Gasteiger partial charge in [0.15, 0.2) is 17.5 Å². The monoisotopic (exact) mass is 642 g/mol. The van der Waals surface area contributed by atoms with E-state index in [0.29, 0.717) is 28.6 Å². The molecule has 234 valence electrons. The molecule has 50 heavy (non-hydrogen) atoms. The lowest BCUT2D eigenvalue weighted by Gasteiger charge is -2.16. The summed E-state index contributed by atoms with van der Waals surface area (Å²) < 4.78 is 25.8. The van der Waals surface area contributed by atoms with E-state index in [1.807, 2.05) is 72.8 Å². The Labute approximate surface area is 290 Å². The summed E-state index contributed by atoms with van der Waals surface area (Å²) in [7, 11) is 0. The molecule has 7 aromatic carbocycles. The maximum absolute atomic E-state index is 8.64. The van der Waals surface area contributed by atoms with Crippen LogP contribution in [0.2, 0.25) is 0 Å². The maximum atomic E-state index is 8.64. The molecule has 3 heterocycles. The molecule has 0 spiro atoms. The zero-order valence-corrected chi connectivity index (χ0v) is 26.7. The van der Waals surface area contributed by atoms with Crippen LogP contribution in [0.4, 0.5) is 0 Å². The molecule has 3 aromatic heterocycles. The van der Waals surface area contributed by atoms with Crippen LogP contribution in [0.15, 0.2) is 174 Å². The van der Waals surface area contributed by atoms with Gasteiger partial charge in [-0.2, -0.15) is 0 Å². The number of furan rings is 1. The molecule has 0 fully saturated rings. The minimum atomic E-state index is 0.188. The van der Waals surface area contributed by atoms with Crippen LogP contribution < -0.4 is 0 Å². The SMILES string of the molecule is [2H]c1cc([2H])c2oc3c(-c4cc(-c5nc(-c6ccccc6)nc(-c6ccccc6)n5)ccc4-n4c5ccccc5c5ccccc54)cccc3c2c1. The van der Waals surface area contributed by atoms with Gasteiger partial charge in [-0.25, -0.2) is 15.0 Å². The summed E-state index contributed by atoms with van der Waals surface area (Å²) in [5, 5.41) is 3.93. The molecule has 0 unspecified atom stereocenters. The molecule has 0 aliphatic rings. The number of hydrogen-bond donors (Lipinski definition) is 0. The van der Waals surface area contributed by atoms with Crippen LogP contribution in [0.1, 0.15) is 2.74 Å². The maximum Gasteiger partial charge on any atom is 0.164 e. The third kappa shape index (κ3) is 4.52. The summed E-state index contributed by atoms with van der Waals surface area (Å²) >= 11 is 0. The van der Waals surface area contributed by atoms with Gasteiger partial charge < -0.3 is 8.98 Å². The lowest BCUT2D eigenvalue weighted by atomic mass is 9.98. The van der Waals surface area contributed by atoms with Gasteiger partial charge in [-0.15, -0.1) is 0 Å². The summed E-state index contributed by atoms with van der Waals surface area (Å²) in [6.07, 6.45) is 0. The molecular weight excluding hydrogens is 613 g/mol. The number of benzene rings is 7. The Balaban J connectivity index is 1.29. The van der Waals surface area contributed by atoms with Gasteiger partial charge in [-0.3, -0.25) is 0 Å². The van der Waals surface area contributed by atoms with Crippen molar-refractivity contribution in [2.24, 2.45) is 0 Å². The quantitative estimate of drug-likeness (QED) is 0.187. The molecular formula is C45H28N4O. The minimum absolute atomic E-state index is 0.188. The number of nitrogens with zero attached hydrogens (tertiary/aromatic N) is 4. The number of fused-ring (bicyclic) bond motifs is 6. The van der Waals surface area contributed by atoms with Crippen molar-refractivity contribution in [1.29, 1.82) is 0 Å². The van der Waals surface area contributed by atoms with Crippen molar-refractivity contribution >= 4 is 43.7 Å². The number of rotatable bonds is 5. The zero-order valence-electron chi connectivity index (χ0n) is 28.7. The minimum Gasteiger partial charge on any atom is -0.455 e. The van der Waals surface area contributed by atoms with Crippen LogP contribution in [0.3, 0.4) is 0 Å². The summed E-state index contributed by atoms with van der Waals surface area (Å²) in [6, 6.07) is 53.0. The smallest absolute Gasteiger partial charge is 0.164 e. The van der Waals surface area contributed by atoms with E-state index < -0.39 is 0 Å². The van der Waals surface area contributed by atoms with Gasteiger partial charge in [0.05, 0.1) is 19.5 Å². The molecule has 5 heteroatoms. The Morgan fingerprint density at radius 1 is 0.460 bits per heavy atom. The highest BCUT2D eigenvalue weighted by Gasteiger charge is 2.21. The van der Waals surface area contributed by atoms with Crippen molar-refractivity contribution in [2.45, 2.75) is 0 Å². The van der Waals surface area contributed by atoms with Gasteiger partial charge in [-0.05, 0) is 36.4 Å². The standard InChI is InChI=1S/C45H28N4O/c1-3-14-29(15-4-1)43-46-44(30-16-5-2-6-17-30)48-45(47-43)31-26-27-40(49-38-23-10-7-18-32(38)33-19-8-11-24-39(33)49)37(28-31)36-22-13-21-35-34-20-9-12-25-41(34)50-42(35)36/h1-28H/i9D,25D. The Morgan fingerprint density at radius 2 is 1.04 bits per heavy atom. The van der Waals surface area contributed by atoms with Crippen LogP contribution in [0.25, 0.3) is 94.7 Å². The predicted octanol–water partition coefficient (Wildman–Crippen LogP) is 11.5. The van der Waals surface area contributed by atoms with Gasteiger partial charge in [-0.1, -0.05) is 133 Å². The molecule has 0 saturated carbocycles. The van der Waals surface area contributed by atoms with Crippen LogP contribution in [-0.2, 0) is 0 Å². The molecule has 0 amide bonds. The van der Waals surface area contributed by atoms with Crippen molar-refractivity contribution in [3.05, 3.63) is 170 Å². The second-order valence-electron chi connectivity index (χ2n) is 12.3. The lowest BCUT2D eigenvalue weighted by Crippen LogP contribution is -2.02. The summed E-state index contributed by atoms with van der Waals surface area (Å²) in [5.74, 6) is 1.73. The number of para-hydroxylation sites is 4. The van der Waals surface area contributed by atoms with E-state index in [1.54, 1.807) is 6.07 Å². The highest BCUT2D eigenvalue weighted by atomic mass is 16.3. The number of aromatic nitrogens is 4. The Kier molecular flexibility index (Phi) is 5.96. The van der Waals surface area contributed by atoms with Gasteiger partial charge in [0.1, 0.15) is 11.2 Å². The van der Waals surface area contributed by atoms with E-state index >= 15 is 0 Å². The third-order valence-electron chi connectivity index (χ3n) is 9.33. The molecule has 0 atom stereocenters. The summed E-state index contributed by atoms with van der Waals surface area (Å²) in [5.41, 5.74) is 8.63. The van der Waals surface area contributed by atoms with Crippen LogP contribution in [0, 0.1) is 0 Å². The first-order valence-electron chi connectivity index (χ1n) is 17.5. The van der Waals surface area contributed by atoms with E-state index in [-0.39, 0.29) is 12.1 Å². The molecule has 10 aromatic rings. The van der Waals surface area contributed by atoms with E-state index in [1.165, 1.54) is 6.07 Å². The molecule has 5 nitrogen and oxygen atoms in total. The van der Waals surface area contributed by atoms with Crippen LogP contribution in [0.5, 0.6) is 0 Å². The zero-order chi connectivity index (χ0) is 34.8. The Hall–Kier alpha value is -6.85. The average molecular weight is 643 g/mol. The third-order valence-corrected chi connectivity index (χ3v) is 9.33. The van der Waals surface area contributed by atoms with Crippen LogP contribution >= 0.6 is 0 Å². The largest absolute Gasteiger partial charge is 0.455 e. The van der Waals surface area contributed by atoms with E-state index in [4.69, 9.17) is 22.1 Å². The molecule has 0 radical (unpaired) electrons. The first kappa shape index (κ1) is 26.1. The fraction of sp³-hybridized carbons (Fsp3) is 0. The first-order chi connectivity index (χ1) is 25.6. The van der Waals surface area contributed by atoms with Gasteiger partial charge in [0.2, 0.25) is 0 Å². The summed E-state index contributed by atoms with van der Waals surface area (Å²) in [4.78, 5) is 15.0. The van der Waals surface area contributed by atoms with E-state index in [2.05, 4.69) is 77.4 Å². The van der Waals surface area contributed by atoms with Crippen molar-refractivity contribution in [3.63, 3.8) is 0 Å². The fourth-order valence-corrected chi connectivity index (χ4v) is 7.04.